The highest BCUT2D eigenvalue weighted by atomic mass is 16.5. The van der Waals surface area contributed by atoms with Crippen LogP contribution in [0, 0.1) is 12.3 Å². The molecule has 0 bridgehead atoms. The predicted octanol–water partition coefficient (Wildman–Crippen LogP) is 2.63. The van der Waals surface area contributed by atoms with Crippen LogP contribution in [0.15, 0.2) is 78.9 Å². The largest absolute Gasteiger partial charge is 0.508 e. The molecule has 3 aromatic rings. The minimum absolute atomic E-state index is 0.0528. The summed E-state index contributed by atoms with van der Waals surface area (Å²) in [5.41, 5.74) is 2.73. The fourth-order valence-corrected chi connectivity index (χ4v) is 5.60. The van der Waals surface area contributed by atoms with Crippen LogP contribution in [0.2, 0.25) is 0 Å². The molecular formula is C33H35N5O5. The first-order valence-electron chi connectivity index (χ1n) is 14.2. The number of methoxy groups -OCH3 is 1. The SMILES string of the molecule is C#CCN1CC(=O)N2[C@@H](Cc3ccc(O)cc3)C(=O)N(CCc3ccc(OC)cc3)C[C@@H]2N1C(=O)NCc1ccccc1. The molecule has 2 aliphatic rings. The highest BCUT2D eigenvalue weighted by Crippen LogP contribution is 2.29. The maximum atomic E-state index is 14.0. The number of nitrogens with zero attached hydrogens (tertiary/aromatic N) is 4. The number of fused-ring (bicyclic) bond motifs is 1. The van der Waals surface area contributed by atoms with E-state index in [0.717, 1.165) is 22.4 Å². The maximum absolute atomic E-state index is 14.0. The van der Waals surface area contributed by atoms with E-state index in [9.17, 15) is 19.5 Å². The minimum Gasteiger partial charge on any atom is -0.508 e. The van der Waals surface area contributed by atoms with E-state index in [1.54, 1.807) is 41.3 Å². The zero-order valence-corrected chi connectivity index (χ0v) is 24.1. The average Bonchev–Trinajstić information content (AvgIpc) is 3.02. The number of benzene rings is 3. The Morgan fingerprint density at radius 1 is 1.00 bits per heavy atom. The van der Waals surface area contributed by atoms with Crippen molar-refractivity contribution >= 4 is 17.8 Å². The van der Waals surface area contributed by atoms with Gasteiger partial charge in [0, 0.05) is 19.5 Å². The van der Waals surface area contributed by atoms with Gasteiger partial charge >= 0.3 is 6.03 Å². The van der Waals surface area contributed by atoms with Crippen LogP contribution in [-0.4, -0.2) is 88.3 Å². The van der Waals surface area contributed by atoms with Crippen LogP contribution in [0.5, 0.6) is 11.5 Å². The number of urea groups is 1. The van der Waals surface area contributed by atoms with Gasteiger partial charge in [0.1, 0.15) is 23.7 Å². The smallest absolute Gasteiger partial charge is 0.334 e. The van der Waals surface area contributed by atoms with E-state index in [-0.39, 0.29) is 50.2 Å². The summed E-state index contributed by atoms with van der Waals surface area (Å²) in [7, 11) is 1.61. The third-order valence-corrected chi connectivity index (χ3v) is 7.79. The van der Waals surface area contributed by atoms with Gasteiger partial charge in [-0.1, -0.05) is 60.5 Å². The molecule has 5 rings (SSSR count). The lowest BCUT2D eigenvalue weighted by molar-refractivity contribution is -0.188. The molecule has 0 saturated carbocycles. The average molecular weight is 582 g/mol. The Morgan fingerprint density at radius 3 is 2.37 bits per heavy atom. The van der Waals surface area contributed by atoms with E-state index >= 15 is 0 Å². The standard InChI is InChI=1S/C33H35N5O5/c1-3-18-36-23-31(40)37-29(20-25-9-13-27(39)14-10-25)32(41)35(19-17-24-11-15-28(43-2)16-12-24)22-30(37)38(36)33(42)34-21-26-7-5-4-6-8-26/h1,4-16,29-30,39H,17-23H2,2H3,(H,34,42)/t29-,30-/m0/s1. The molecule has 0 spiro atoms. The summed E-state index contributed by atoms with van der Waals surface area (Å²) in [4.78, 5) is 44.7. The highest BCUT2D eigenvalue weighted by molar-refractivity contribution is 5.91. The molecule has 222 valence electrons. The second-order valence-corrected chi connectivity index (χ2v) is 10.6. The number of aromatic hydroxyl groups is 1. The molecule has 0 aromatic heterocycles. The summed E-state index contributed by atoms with van der Waals surface area (Å²) >= 11 is 0. The molecule has 10 nitrogen and oxygen atoms in total. The van der Waals surface area contributed by atoms with Crippen molar-refractivity contribution in [1.29, 1.82) is 0 Å². The molecule has 2 saturated heterocycles. The number of hydrogen-bond donors (Lipinski definition) is 2. The Labute approximate surface area is 251 Å². The second-order valence-electron chi connectivity index (χ2n) is 10.6. The van der Waals surface area contributed by atoms with Gasteiger partial charge in [-0.05, 0) is 47.4 Å². The third kappa shape index (κ3) is 6.74. The molecular weight excluding hydrogens is 546 g/mol. The summed E-state index contributed by atoms with van der Waals surface area (Å²) in [5, 5.41) is 15.8. The van der Waals surface area contributed by atoms with Gasteiger partial charge < -0.3 is 25.0 Å². The number of nitrogens with one attached hydrogen (secondary N) is 1. The molecule has 2 N–H and O–H groups in total. The molecule has 43 heavy (non-hydrogen) atoms. The number of carbonyl (C=O) groups excluding carboxylic acids is 3. The maximum Gasteiger partial charge on any atom is 0.334 e. The van der Waals surface area contributed by atoms with Gasteiger partial charge in [-0.2, -0.15) is 5.01 Å². The topological polar surface area (TPSA) is 106 Å². The van der Waals surface area contributed by atoms with Crippen LogP contribution in [0.4, 0.5) is 4.79 Å². The second kappa shape index (κ2) is 13.3. The zero-order chi connectivity index (χ0) is 30.3. The highest BCUT2D eigenvalue weighted by Gasteiger charge is 2.51. The van der Waals surface area contributed by atoms with Gasteiger partial charge in [0.15, 0.2) is 0 Å². The van der Waals surface area contributed by atoms with Crippen LogP contribution < -0.4 is 10.1 Å². The molecule has 2 fully saturated rings. The van der Waals surface area contributed by atoms with Gasteiger partial charge in [0.05, 0.1) is 26.7 Å². The summed E-state index contributed by atoms with van der Waals surface area (Å²) < 4.78 is 5.26. The van der Waals surface area contributed by atoms with Gasteiger partial charge in [-0.3, -0.25) is 9.59 Å². The van der Waals surface area contributed by atoms with Gasteiger partial charge in [-0.25, -0.2) is 9.80 Å². The Morgan fingerprint density at radius 2 is 1.70 bits per heavy atom. The van der Waals surface area contributed by atoms with Crippen LogP contribution >= 0.6 is 0 Å². The van der Waals surface area contributed by atoms with Crippen LogP contribution in [0.25, 0.3) is 0 Å². The fraction of sp³-hybridized carbons (Fsp3) is 0.303. The first-order valence-corrected chi connectivity index (χ1v) is 14.2. The van der Waals surface area contributed by atoms with Crippen molar-refractivity contribution in [3.8, 4) is 23.8 Å². The van der Waals surface area contributed by atoms with Crippen molar-refractivity contribution in [1.82, 2.24) is 25.1 Å². The van der Waals surface area contributed by atoms with E-state index in [2.05, 4.69) is 11.2 Å². The van der Waals surface area contributed by atoms with Crippen LogP contribution in [-0.2, 0) is 29.0 Å². The Balaban J connectivity index is 1.45. The Kier molecular flexibility index (Phi) is 9.13. The van der Waals surface area contributed by atoms with E-state index < -0.39 is 18.2 Å². The first kappa shape index (κ1) is 29.5. The number of rotatable bonds is 9. The Bertz CT molecular complexity index is 1470. The molecule has 0 aliphatic carbocycles. The van der Waals surface area contributed by atoms with Crippen molar-refractivity contribution in [2.75, 3.05) is 33.3 Å². The molecule has 2 heterocycles. The fourth-order valence-electron chi connectivity index (χ4n) is 5.60. The number of piperazine rings is 1. The van der Waals surface area contributed by atoms with E-state index in [1.807, 2.05) is 54.6 Å². The van der Waals surface area contributed by atoms with Crippen molar-refractivity contribution in [3.63, 3.8) is 0 Å². The summed E-state index contributed by atoms with van der Waals surface area (Å²) in [6.45, 7) is 0.733. The van der Waals surface area contributed by atoms with Gasteiger partial charge in [0.2, 0.25) is 11.8 Å². The lowest BCUT2D eigenvalue weighted by atomic mass is 9.98. The molecule has 2 aliphatic heterocycles. The van der Waals surface area contributed by atoms with Crippen LogP contribution in [0.3, 0.4) is 0 Å². The number of phenols is 1. The molecule has 3 aromatic carbocycles. The number of ether oxygens (including phenoxy) is 1. The summed E-state index contributed by atoms with van der Waals surface area (Å²) in [5.74, 6) is 2.95. The molecule has 0 unspecified atom stereocenters. The number of carbonyl (C=O) groups is 3. The van der Waals surface area contributed by atoms with Crippen molar-refractivity contribution < 1.29 is 24.2 Å². The monoisotopic (exact) mass is 581 g/mol. The normalized spacial score (nSPS) is 18.7. The van der Waals surface area contributed by atoms with Crippen molar-refractivity contribution in [2.24, 2.45) is 0 Å². The molecule has 0 radical (unpaired) electrons. The summed E-state index contributed by atoms with van der Waals surface area (Å²) in [6, 6.07) is 22.5. The number of hydrogen-bond acceptors (Lipinski definition) is 6. The van der Waals surface area contributed by atoms with Crippen molar-refractivity contribution in [3.05, 3.63) is 95.6 Å². The lowest BCUT2D eigenvalue weighted by Gasteiger charge is -2.55. The van der Waals surface area contributed by atoms with E-state index in [1.165, 1.54) is 9.91 Å². The zero-order valence-electron chi connectivity index (χ0n) is 24.1. The number of hydrazine groups is 1. The molecule has 2 atom stereocenters. The minimum atomic E-state index is -0.843. The number of terminal acetylenes is 1. The Hall–Kier alpha value is -5.01. The lowest BCUT2D eigenvalue weighted by Crippen LogP contribution is -2.76. The van der Waals surface area contributed by atoms with E-state index in [4.69, 9.17) is 11.2 Å². The predicted molar refractivity (Wildman–Crippen MR) is 160 cm³/mol. The molecule has 10 heteroatoms. The van der Waals surface area contributed by atoms with Crippen LogP contribution in [0.1, 0.15) is 16.7 Å². The van der Waals surface area contributed by atoms with Crippen molar-refractivity contribution in [2.45, 2.75) is 31.6 Å². The number of amides is 4. The van der Waals surface area contributed by atoms with Gasteiger partial charge in [0.25, 0.3) is 0 Å². The first-order chi connectivity index (χ1) is 20.9. The summed E-state index contributed by atoms with van der Waals surface area (Å²) in [6.07, 6.45) is 5.70. The number of phenolic OH excluding ortho intramolecular Hbond substituents is 1. The van der Waals surface area contributed by atoms with Gasteiger partial charge in [-0.15, -0.1) is 6.42 Å². The third-order valence-electron chi connectivity index (χ3n) is 7.79. The quantitative estimate of drug-likeness (QED) is 0.377. The molecule has 4 amide bonds. The van der Waals surface area contributed by atoms with E-state index in [0.29, 0.717) is 13.0 Å².